The molecule has 0 spiro atoms. The largest absolute Gasteiger partial charge is 0.306 e. The first-order chi connectivity index (χ1) is 5.81. The second-order valence-electron chi connectivity index (χ2n) is 3.54. The zero-order valence-corrected chi connectivity index (χ0v) is 7.72. The molecule has 1 aliphatic rings. The van der Waals surface area contributed by atoms with E-state index >= 15 is 0 Å². The highest BCUT2D eigenvalue weighted by Gasteiger charge is 2.19. The fourth-order valence-corrected chi connectivity index (χ4v) is 1.91. The van der Waals surface area contributed by atoms with Gasteiger partial charge in [-0.25, -0.2) is 0 Å². The Labute approximate surface area is 73.8 Å². The zero-order valence-electron chi connectivity index (χ0n) is 7.72. The zero-order chi connectivity index (χ0) is 8.55. The fourth-order valence-electron chi connectivity index (χ4n) is 1.91. The van der Waals surface area contributed by atoms with E-state index in [1.807, 2.05) is 0 Å². The van der Waals surface area contributed by atoms with Gasteiger partial charge < -0.3 is 5.32 Å². The summed E-state index contributed by atoms with van der Waals surface area (Å²) in [6.45, 7) is 5.44. The predicted molar refractivity (Wildman–Crippen MR) is 51.1 cm³/mol. The highest BCUT2D eigenvalue weighted by atomic mass is 14.9. The third kappa shape index (κ3) is 1.14. The van der Waals surface area contributed by atoms with Crippen LogP contribution in [0.1, 0.15) is 36.1 Å². The van der Waals surface area contributed by atoms with Gasteiger partial charge in [0.05, 0.1) is 0 Å². The molecule has 1 heterocycles. The highest BCUT2D eigenvalue weighted by molar-refractivity contribution is 5.36. The lowest BCUT2D eigenvalue weighted by Crippen LogP contribution is -2.10. The predicted octanol–water partition coefficient (Wildman–Crippen LogP) is 2.55. The summed E-state index contributed by atoms with van der Waals surface area (Å²) in [5.74, 6) is 0. The lowest BCUT2D eigenvalue weighted by molar-refractivity contribution is 0.567. The van der Waals surface area contributed by atoms with E-state index in [9.17, 15) is 0 Å². The van der Waals surface area contributed by atoms with Crippen LogP contribution in [0.25, 0.3) is 0 Å². The maximum atomic E-state index is 3.50. The molecular formula is C11H15N. The van der Waals surface area contributed by atoms with Crippen LogP contribution < -0.4 is 5.32 Å². The average molecular weight is 161 g/mol. The lowest BCUT2D eigenvalue weighted by atomic mass is 10.0. The molecule has 12 heavy (non-hydrogen) atoms. The SMILES string of the molecule is CCC1NCc2ccc(C)cc21. The number of hydrogen-bond acceptors (Lipinski definition) is 1. The Morgan fingerprint density at radius 3 is 3.08 bits per heavy atom. The lowest BCUT2D eigenvalue weighted by Gasteiger charge is -2.08. The Kier molecular flexibility index (Phi) is 1.89. The second-order valence-corrected chi connectivity index (χ2v) is 3.54. The van der Waals surface area contributed by atoms with E-state index in [0.717, 1.165) is 6.54 Å². The molecule has 0 saturated heterocycles. The van der Waals surface area contributed by atoms with Crippen LogP contribution in [0.5, 0.6) is 0 Å². The van der Waals surface area contributed by atoms with Crippen molar-refractivity contribution in [3.05, 3.63) is 34.9 Å². The second kappa shape index (κ2) is 2.91. The van der Waals surface area contributed by atoms with Crippen molar-refractivity contribution in [3.63, 3.8) is 0 Å². The summed E-state index contributed by atoms with van der Waals surface area (Å²) in [7, 11) is 0. The van der Waals surface area contributed by atoms with Gasteiger partial charge in [0.15, 0.2) is 0 Å². The topological polar surface area (TPSA) is 12.0 Å². The molecule has 0 aromatic heterocycles. The standard InChI is InChI=1S/C11H15N/c1-3-11-10-6-8(2)4-5-9(10)7-12-11/h4-6,11-12H,3,7H2,1-2H3. The van der Waals surface area contributed by atoms with Crippen molar-refractivity contribution in [2.45, 2.75) is 32.9 Å². The minimum Gasteiger partial charge on any atom is -0.306 e. The van der Waals surface area contributed by atoms with E-state index in [1.165, 1.54) is 23.1 Å². The van der Waals surface area contributed by atoms with E-state index in [4.69, 9.17) is 0 Å². The van der Waals surface area contributed by atoms with Crippen molar-refractivity contribution >= 4 is 0 Å². The smallest absolute Gasteiger partial charge is 0.0323 e. The Morgan fingerprint density at radius 1 is 1.50 bits per heavy atom. The molecule has 1 N–H and O–H groups in total. The normalized spacial score (nSPS) is 21.0. The average Bonchev–Trinajstić information content (AvgIpc) is 2.46. The van der Waals surface area contributed by atoms with Crippen LogP contribution >= 0.6 is 0 Å². The van der Waals surface area contributed by atoms with Crippen LogP contribution in [-0.4, -0.2) is 0 Å². The van der Waals surface area contributed by atoms with Crippen molar-refractivity contribution in [1.29, 1.82) is 0 Å². The van der Waals surface area contributed by atoms with E-state index in [2.05, 4.69) is 37.4 Å². The molecule has 0 saturated carbocycles. The first-order valence-corrected chi connectivity index (χ1v) is 4.64. The van der Waals surface area contributed by atoms with Crippen LogP contribution in [0, 0.1) is 6.92 Å². The summed E-state index contributed by atoms with van der Waals surface area (Å²) in [5, 5.41) is 3.50. The van der Waals surface area contributed by atoms with Gasteiger partial charge in [0.1, 0.15) is 0 Å². The molecule has 1 aliphatic heterocycles. The molecule has 0 radical (unpaired) electrons. The molecule has 0 amide bonds. The molecule has 0 fully saturated rings. The molecular weight excluding hydrogens is 146 g/mol. The summed E-state index contributed by atoms with van der Waals surface area (Å²) in [6, 6.07) is 7.34. The third-order valence-corrected chi connectivity index (χ3v) is 2.62. The molecule has 1 aromatic carbocycles. The minimum absolute atomic E-state index is 0.597. The van der Waals surface area contributed by atoms with Gasteiger partial charge in [0.25, 0.3) is 0 Å². The number of benzene rings is 1. The minimum atomic E-state index is 0.597. The van der Waals surface area contributed by atoms with Crippen molar-refractivity contribution in [2.75, 3.05) is 0 Å². The number of aryl methyl sites for hydroxylation is 1. The van der Waals surface area contributed by atoms with Gasteiger partial charge in [-0.15, -0.1) is 0 Å². The molecule has 0 bridgehead atoms. The van der Waals surface area contributed by atoms with Crippen molar-refractivity contribution in [1.82, 2.24) is 5.32 Å². The summed E-state index contributed by atoms with van der Waals surface area (Å²) < 4.78 is 0. The van der Waals surface area contributed by atoms with E-state index in [0.29, 0.717) is 6.04 Å². The Bertz CT molecular complexity index is 291. The fraction of sp³-hybridized carbons (Fsp3) is 0.455. The molecule has 1 atom stereocenters. The maximum absolute atomic E-state index is 3.50. The van der Waals surface area contributed by atoms with Gasteiger partial charge >= 0.3 is 0 Å². The van der Waals surface area contributed by atoms with E-state index in [-0.39, 0.29) is 0 Å². The Morgan fingerprint density at radius 2 is 2.33 bits per heavy atom. The summed E-state index contributed by atoms with van der Waals surface area (Å²) >= 11 is 0. The van der Waals surface area contributed by atoms with Crippen LogP contribution in [0.3, 0.4) is 0 Å². The number of rotatable bonds is 1. The maximum Gasteiger partial charge on any atom is 0.0323 e. The van der Waals surface area contributed by atoms with Gasteiger partial charge in [0.2, 0.25) is 0 Å². The van der Waals surface area contributed by atoms with Gasteiger partial charge in [-0.3, -0.25) is 0 Å². The first kappa shape index (κ1) is 7.81. The van der Waals surface area contributed by atoms with Crippen LogP contribution in [0.15, 0.2) is 18.2 Å². The molecule has 1 nitrogen and oxygen atoms in total. The molecule has 1 unspecified atom stereocenters. The molecule has 0 aliphatic carbocycles. The van der Waals surface area contributed by atoms with Crippen LogP contribution in [0.2, 0.25) is 0 Å². The van der Waals surface area contributed by atoms with Crippen molar-refractivity contribution < 1.29 is 0 Å². The quantitative estimate of drug-likeness (QED) is 0.667. The summed E-state index contributed by atoms with van der Waals surface area (Å²) in [5.41, 5.74) is 4.36. The number of nitrogens with one attached hydrogen (secondary N) is 1. The first-order valence-electron chi connectivity index (χ1n) is 4.64. The number of fused-ring (bicyclic) bond motifs is 1. The molecule has 1 aromatic rings. The van der Waals surface area contributed by atoms with Gasteiger partial charge in [-0.05, 0) is 24.5 Å². The number of hydrogen-bond donors (Lipinski definition) is 1. The van der Waals surface area contributed by atoms with Gasteiger partial charge in [-0.2, -0.15) is 0 Å². The van der Waals surface area contributed by atoms with E-state index < -0.39 is 0 Å². The summed E-state index contributed by atoms with van der Waals surface area (Å²) in [6.07, 6.45) is 1.19. The van der Waals surface area contributed by atoms with Gasteiger partial charge in [-0.1, -0.05) is 30.7 Å². The van der Waals surface area contributed by atoms with E-state index in [1.54, 1.807) is 0 Å². The monoisotopic (exact) mass is 161 g/mol. The van der Waals surface area contributed by atoms with Crippen LogP contribution in [-0.2, 0) is 6.54 Å². The van der Waals surface area contributed by atoms with Gasteiger partial charge in [0, 0.05) is 12.6 Å². The Balaban J connectivity index is 2.42. The summed E-state index contributed by atoms with van der Waals surface area (Å²) in [4.78, 5) is 0. The molecule has 1 heteroatoms. The Hall–Kier alpha value is -0.820. The molecule has 64 valence electrons. The third-order valence-electron chi connectivity index (χ3n) is 2.62. The molecule has 2 rings (SSSR count). The highest BCUT2D eigenvalue weighted by Crippen LogP contribution is 2.27. The van der Waals surface area contributed by atoms with Crippen LogP contribution in [0.4, 0.5) is 0 Å². The van der Waals surface area contributed by atoms with Crippen molar-refractivity contribution in [2.24, 2.45) is 0 Å². The van der Waals surface area contributed by atoms with Crippen molar-refractivity contribution in [3.8, 4) is 0 Å².